The fraction of sp³-hybridized carbons (Fsp3) is 0.944. The van der Waals surface area contributed by atoms with E-state index < -0.39 is 0 Å². The molecule has 1 heterocycles. The molecule has 0 spiro atoms. The first kappa shape index (κ1) is 17.4. The Morgan fingerprint density at radius 1 is 1.09 bits per heavy atom. The van der Waals surface area contributed by atoms with Crippen LogP contribution in [-0.4, -0.2) is 23.7 Å². The molecule has 2 aliphatic rings. The van der Waals surface area contributed by atoms with E-state index in [0.717, 1.165) is 19.3 Å². The minimum Gasteiger partial charge on any atom is -0.460 e. The summed E-state index contributed by atoms with van der Waals surface area (Å²) in [4.78, 5) is 12.6. The Morgan fingerprint density at radius 2 is 1.68 bits per heavy atom. The van der Waals surface area contributed by atoms with Gasteiger partial charge in [-0.05, 0) is 38.5 Å². The molecular formula is C18H32N2O2. The molecule has 0 aromatic heterocycles. The van der Waals surface area contributed by atoms with E-state index in [4.69, 9.17) is 4.74 Å². The summed E-state index contributed by atoms with van der Waals surface area (Å²) in [6, 6.07) is -0.390. The maximum atomic E-state index is 12.6. The second-order valence-electron chi connectivity index (χ2n) is 8.00. The molecule has 2 atom stereocenters. The molecule has 0 radical (unpaired) electrons. The summed E-state index contributed by atoms with van der Waals surface area (Å²) in [7, 11) is 0. The van der Waals surface area contributed by atoms with Crippen LogP contribution in [0, 0.1) is 11.8 Å². The highest BCUT2D eigenvalue weighted by molar-refractivity contribution is 5.76. The summed E-state index contributed by atoms with van der Waals surface area (Å²) in [5, 5.41) is 8.99. The number of hydrogen-bond donors (Lipinski definition) is 0. The van der Waals surface area contributed by atoms with Gasteiger partial charge in [-0.2, -0.15) is 10.2 Å². The van der Waals surface area contributed by atoms with Crippen LogP contribution >= 0.6 is 0 Å². The van der Waals surface area contributed by atoms with E-state index in [1.54, 1.807) is 0 Å². The van der Waals surface area contributed by atoms with Crippen LogP contribution < -0.4 is 0 Å². The van der Waals surface area contributed by atoms with Crippen LogP contribution in [0.2, 0.25) is 0 Å². The highest BCUT2D eigenvalue weighted by Crippen LogP contribution is 2.32. The smallest absolute Gasteiger partial charge is 0.333 e. The van der Waals surface area contributed by atoms with Gasteiger partial charge in [0, 0.05) is 6.42 Å². The van der Waals surface area contributed by atoms with Crippen LogP contribution in [0.15, 0.2) is 10.2 Å². The summed E-state index contributed by atoms with van der Waals surface area (Å²) in [6.45, 7) is 8.38. The molecule has 1 unspecified atom stereocenters. The first-order valence-corrected chi connectivity index (χ1v) is 9.01. The molecule has 1 saturated carbocycles. The Hall–Kier alpha value is -0.930. The van der Waals surface area contributed by atoms with Crippen molar-refractivity contribution in [2.75, 3.05) is 0 Å². The molecule has 0 saturated heterocycles. The zero-order valence-corrected chi connectivity index (χ0v) is 14.7. The first-order valence-electron chi connectivity index (χ1n) is 9.01. The Kier molecular flexibility index (Phi) is 5.99. The summed E-state index contributed by atoms with van der Waals surface area (Å²) < 4.78 is 5.83. The lowest BCUT2D eigenvalue weighted by molar-refractivity contribution is -0.156. The van der Waals surface area contributed by atoms with Crippen LogP contribution in [0.3, 0.4) is 0 Å². The maximum Gasteiger partial charge on any atom is 0.333 e. The minimum absolute atomic E-state index is 0.0576. The van der Waals surface area contributed by atoms with Crippen molar-refractivity contribution < 1.29 is 9.53 Å². The van der Waals surface area contributed by atoms with Gasteiger partial charge in [0.1, 0.15) is 6.10 Å². The third kappa shape index (κ3) is 4.79. The first-order chi connectivity index (χ1) is 10.4. The van der Waals surface area contributed by atoms with Crippen molar-refractivity contribution in [2.45, 2.75) is 96.7 Å². The molecule has 0 aromatic rings. The largest absolute Gasteiger partial charge is 0.460 e. The monoisotopic (exact) mass is 308 g/mol. The van der Waals surface area contributed by atoms with Gasteiger partial charge in [0.05, 0.1) is 5.54 Å². The fourth-order valence-corrected chi connectivity index (χ4v) is 3.52. The van der Waals surface area contributed by atoms with Crippen LogP contribution in [-0.2, 0) is 9.53 Å². The third-order valence-electron chi connectivity index (χ3n) is 5.00. The van der Waals surface area contributed by atoms with Crippen molar-refractivity contribution in [3.05, 3.63) is 0 Å². The average molecular weight is 308 g/mol. The van der Waals surface area contributed by atoms with Crippen LogP contribution in [0.5, 0.6) is 0 Å². The molecule has 0 amide bonds. The number of rotatable bonds is 2. The van der Waals surface area contributed by atoms with E-state index in [9.17, 15) is 4.79 Å². The molecule has 1 fully saturated rings. The highest BCUT2D eigenvalue weighted by atomic mass is 16.5. The van der Waals surface area contributed by atoms with E-state index in [0.29, 0.717) is 11.8 Å². The highest BCUT2D eigenvalue weighted by Gasteiger charge is 2.37. The van der Waals surface area contributed by atoms with E-state index >= 15 is 0 Å². The number of azo groups is 1. The van der Waals surface area contributed by atoms with Crippen LogP contribution in [0.25, 0.3) is 0 Å². The predicted molar refractivity (Wildman–Crippen MR) is 87.9 cm³/mol. The van der Waals surface area contributed by atoms with Crippen molar-refractivity contribution in [2.24, 2.45) is 22.1 Å². The number of carbonyl (C=O) groups is 1. The van der Waals surface area contributed by atoms with Gasteiger partial charge in [0.2, 0.25) is 0 Å². The molecule has 1 aliphatic carbocycles. The third-order valence-corrected chi connectivity index (χ3v) is 5.00. The molecule has 0 aromatic carbocycles. The number of cyclic esters (lactones) is 1. The summed E-state index contributed by atoms with van der Waals surface area (Å²) >= 11 is 0. The fourth-order valence-electron chi connectivity index (χ4n) is 3.52. The lowest BCUT2D eigenvalue weighted by Crippen LogP contribution is -2.40. The second kappa shape index (κ2) is 7.56. The van der Waals surface area contributed by atoms with E-state index in [1.165, 1.54) is 32.1 Å². The predicted octanol–water partition coefficient (Wildman–Crippen LogP) is 4.92. The van der Waals surface area contributed by atoms with Gasteiger partial charge in [-0.25, -0.2) is 4.79 Å². The van der Waals surface area contributed by atoms with Crippen molar-refractivity contribution >= 4 is 5.97 Å². The summed E-state index contributed by atoms with van der Waals surface area (Å²) in [5.74, 6) is 0.469. The van der Waals surface area contributed by atoms with Gasteiger partial charge in [0.25, 0.3) is 0 Å². The normalized spacial score (nSPS) is 31.0. The van der Waals surface area contributed by atoms with Crippen LogP contribution in [0.1, 0.15) is 79.1 Å². The zero-order chi connectivity index (χ0) is 16.2. The molecular weight excluding hydrogens is 276 g/mol. The summed E-state index contributed by atoms with van der Waals surface area (Å²) in [6.07, 6.45) is 9.10. The second-order valence-corrected chi connectivity index (χ2v) is 8.00. The van der Waals surface area contributed by atoms with E-state index in [-0.39, 0.29) is 23.7 Å². The van der Waals surface area contributed by atoms with E-state index in [2.05, 4.69) is 37.9 Å². The number of ether oxygens (including phenoxy) is 1. The van der Waals surface area contributed by atoms with Crippen molar-refractivity contribution in [3.8, 4) is 0 Å². The quantitative estimate of drug-likeness (QED) is 0.680. The van der Waals surface area contributed by atoms with Gasteiger partial charge in [-0.1, -0.05) is 46.0 Å². The van der Waals surface area contributed by atoms with Crippen LogP contribution in [0.4, 0.5) is 0 Å². The van der Waals surface area contributed by atoms with Crippen molar-refractivity contribution in [1.29, 1.82) is 0 Å². The molecule has 4 heteroatoms. The summed E-state index contributed by atoms with van der Waals surface area (Å²) in [5.41, 5.74) is -0.254. The number of hydrogen-bond acceptors (Lipinski definition) is 4. The Morgan fingerprint density at radius 3 is 2.27 bits per heavy atom. The molecule has 22 heavy (non-hydrogen) atoms. The Balaban J connectivity index is 2.17. The number of esters is 1. The lowest BCUT2D eigenvalue weighted by atomic mass is 9.85. The van der Waals surface area contributed by atoms with Gasteiger partial charge in [-0.15, -0.1) is 0 Å². The van der Waals surface area contributed by atoms with Gasteiger partial charge < -0.3 is 4.74 Å². The van der Waals surface area contributed by atoms with Gasteiger partial charge in [0.15, 0.2) is 6.04 Å². The van der Waals surface area contributed by atoms with Crippen molar-refractivity contribution in [1.82, 2.24) is 0 Å². The van der Waals surface area contributed by atoms with E-state index in [1.807, 2.05) is 0 Å². The molecule has 0 N–H and O–H groups in total. The number of carbonyl (C=O) groups excluding carboxylic acids is 1. The SMILES string of the molecule is CC(C)C1CC(C)(C)N=N[C@H](C2CCCCCCC2)C(=O)O1. The molecule has 4 nitrogen and oxygen atoms in total. The standard InChI is InChI=1S/C18H32N2O2/c1-13(2)15-12-18(3,4)20-19-16(17(21)22-15)14-10-8-6-5-7-9-11-14/h13-16H,5-12H2,1-4H3/t15?,16-/m1/s1. The molecule has 1 aliphatic heterocycles. The Bertz CT molecular complexity index is 396. The lowest BCUT2D eigenvalue weighted by Gasteiger charge is -2.33. The van der Waals surface area contributed by atoms with Crippen molar-refractivity contribution in [3.63, 3.8) is 0 Å². The Labute approximate surface area is 135 Å². The molecule has 0 bridgehead atoms. The maximum absolute atomic E-state index is 12.6. The number of nitrogens with zero attached hydrogens (tertiary/aromatic N) is 2. The molecule has 126 valence electrons. The van der Waals surface area contributed by atoms with Gasteiger partial charge >= 0.3 is 5.97 Å². The average Bonchev–Trinajstić information content (AvgIpc) is 2.38. The zero-order valence-electron chi connectivity index (χ0n) is 14.7. The topological polar surface area (TPSA) is 51.0 Å². The minimum atomic E-state index is -0.390. The van der Waals surface area contributed by atoms with Gasteiger partial charge in [-0.3, -0.25) is 0 Å². The molecule has 2 rings (SSSR count).